The van der Waals surface area contributed by atoms with Crippen molar-refractivity contribution < 1.29 is 13.2 Å². The second-order valence-corrected chi connectivity index (χ2v) is 4.42. The first-order chi connectivity index (χ1) is 8.47. The van der Waals surface area contributed by atoms with Crippen molar-refractivity contribution in [3.63, 3.8) is 0 Å². The molecule has 3 heterocycles. The van der Waals surface area contributed by atoms with Crippen LogP contribution in [0, 0.1) is 0 Å². The van der Waals surface area contributed by atoms with E-state index in [1.54, 1.807) is 12.3 Å². The van der Waals surface area contributed by atoms with Gasteiger partial charge in [0, 0.05) is 17.8 Å². The van der Waals surface area contributed by atoms with Gasteiger partial charge < -0.3 is 4.57 Å². The minimum Gasteiger partial charge on any atom is -0.320 e. The van der Waals surface area contributed by atoms with Gasteiger partial charge in [-0.05, 0) is 19.1 Å². The number of pyridine rings is 1. The van der Waals surface area contributed by atoms with Crippen molar-refractivity contribution in [2.24, 2.45) is 4.99 Å². The van der Waals surface area contributed by atoms with Crippen LogP contribution in [0.4, 0.5) is 13.2 Å². The third kappa shape index (κ3) is 1.60. The average molecular weight is 253 g/mol. The molecule has 18 heavy (non-hydrogen) atoms. The Labute approximate surface area is 101 Å². The lowest BCUT2D eigenvalue weighted by atomic mass is 10.2. The Morgan fingerprint density at radius 1 is 1.33 bits per heavy atom. The molecule has 6 heteroatoms. The zero-order valence-corrected chi connectivity index (χ0v) is 9.57. The molecular formula is C12H10F3N3. The van der Waals surface area contributed by atoms with Crippen molar-refractivity contribution in [2.75, 3.05) is 6.54 Å². The minimum absolute atomic E-state index is 0.117. The molecule has 0 saturated carbocycles. The standard InChI is InChI=1S/C12H10F3N3/c1-7-4-16-6-10-3-8-2-9(12(13,14)15)5-17-11(8)18(7)10/h2-3,5-7H,4H2,1H3. The number of fused-ring (bicyclic) bond motifs is 3. The second kappa shape index (κ2) is 3.57. The number of aliphatic imine (C=N–C) groups is 1. The van der Waals surface area contributed by atoms with E-state index < -0.39 is 11.7 Å². The van der Waals surface area contributed by atoms with Gasteiger partial charge in [-0.3, -0.25) is 4.99 Å². The Balaban J connectivity index is 2.24. The lowest BCUT2D eigenvalue weighted by Gasteiger charge is -2.18. The Morgan fingerprint density at radius 2 is 2.11 bits per heavy atom. The predicted molar refractivity (Wildman–Crippen MR) is 61.9 cm³/mol. The van der Waals surface area contributed by atoms with Crippen LogP contribution in [0.2, 0.25) is 0 Å². The Morgan fingerprint density at radius 3 is 2.83 bits per heavy atom. The summed E-state index contributed by atoms with van der Waals surface area (Å²) < 4.78 is 39.7. The zero-order valence-electron chi connectivity index (χ0n) is 9.57. The van der Waals surface area contributed by atoms with Gasteiger partial charge in [0.15, 0.2) is 0 Å². The fourth-order valence-corrected chi connectivity index (χ4v) is 2.23. The Kier molecular flexibility index (Phi) is 2.23. The average Bonchev–Trinajstić information content (AvgIpc) is 2.66. The third-order valence-corrected chi connectivity index (χ3v) is 3.07. The maximum absolute atomic E-state index is 12.6. The van der Waals surface area contributed by atoms with Crippen molar-refractivity contribution in [3.05, 3.63) is 29.6 Å². The number of hydrogen-bond acceptors (Lipinski definition) is 2. The normalized spacial score (nSPS) is 19.2. The van der Waals surface area contributed by atoms with Crippen LogP contribution in [0.15, 0.2) is 23.3 Å². The molecule has 3 nitrogen and oxygen atoms in total. The van der Waals surface area contributed by atoms with Crippen LogP contribution in [-0.2, 0) is 6.18 Å². The van der Waals surface area contributed by atoms with Gasteiger partial charge in [-0.2, -0.15) is 13.2 Å². The molecule has 0 N–H and O–H groups in total. The monoisotopic (exact) mass is 253 g/mol. The molecular weight excluding hydrogens is 243 g/mol. The van der Waals surface area contributed by atoms with E-state index in [-0.39, 0.29) is 6.04 Å². The molecule has 0 aliphatic carbocycles. The van der Waals surface area contributed by atoms with Crippen molar-refractivity contribution in [2.45, 2.75) is 19.1 Å². The summed E-state index contributed by atoms with van der Waals surface area (Å²) in [7, 11) is 0. The van der Waals surface area contributed by atoms with Crippen LogP contribution < -0.4 is 0 Å². The molecule has 94 valence electrons. The van der Waals surface area contributed by atoms with E-state index in [0.717, 1.165) is 18.0 Å². The molecule has 0 amide bonds. The van der Waals surface area contributed by atoms with Crippen LogP contribution in [0.3, 0.4) is 0 Å². The fraction of sp³-hybridized carbons (Fsp3) is 0.333. The summed E-state index contributed by atoms with van der Waals surface area (Å²) in [4.78, 5) is 8.12. The number of rotatable bonds is 0. The van der Waals surface area contributed by atoms with Gasteiger partial charge in [0.1, 0.15) is 5.65 Å². The molecule has 0 aromatic carbocycles. The molecule has 1 aliphatic rings. The molecule has 1 aliphatic heterocycles. The van der Waals surface area contributed by atoms with Gasteiger partial charge in [0.05, 0.1) is 23.8 Å². The first-order valence-electron chi connectivity index (χ1n) is 5.55. The highest BCUT2D eigenvalue weighted by Crippen LogP contribution is 2.32. The van der Waals surface area contributed by atoms with Crippen LogP contribution in [0.25, 0.3) is 11.0 Å². The fourth-order valence-electron chi connectivity index (χ4n) is 2.23. The predicted octanol–water partition coefficient (Wildman–Crippen LogP) is 3.05. The number of halogens is 3. The highest BCUT2D eigenvalue weighted by Gasteiger charge is 2.31. The van der Waals surface area contributed by atoms with Crippen molar-refractivity contribution in [3.8, 4) is 0 Å². The Hall–Kier alpha value is -1.85. The molecule has 0 radical (unpaired) electrons. The maximum atomic E-state index is 12.6. The smallest absolute Gasteiger partial charge is 0.320 e. The van der Waals surface area contributed by atoms with Gasteiger partial charge in [-0.15, -0.1) is 0 Å². The van der Waals surface area contributed by atoms with E-state index in [9.17, 15) is 13.2 Å². The molecule has 1 unspecified atom stereocenters. The van der Waals surface area contributed by atoms with E-state index in [1.165, 1.54) is 0 Å². The van der Waals surface area contributed by atoms with Crippen LogP contribution in [0.1, 0.15) is 24.2 Å². The molecule has 2 aromatic rings. The maximum Gasteiger partial charge on any atom is 0.417 e. The first kappa shape index (κ1) is 11.3. The second-order valence-electron chi connectivity index (χ2n) is 4.42. The van der Waals surface area contributed by atoms with Crippen LogP contribution in [0.5, 0.6) is 0 Å². The molecule has 0 saturated heterocycles. The van der Waals surface area contributed by atoms with Gasteiger partial charge >= 0.3 is 6.18 Å². The molecule has 1 atom stereocenters. The van der Waals surface area contributed by atoms with Gasteiger partial charge in [-0.25, -0.2) is 4.98 Å². The summed E-state index contributed by atoms with van der Waals surface area (Å²) in [6, 6.07) is 2.94. The summed E-state index contributed by atoms with van der Waals surface area (Å²) in [6.45, 7) is 2.60. The molecule has 2 aromatic heterocycles. The lowest BCUT2D eigenvalue weighted by molar-refractivity contribution is -0.137. The quantitative estimate of drug-likeness (QED) is 0.709. The summed E-state index contributed by atoms with van der Waals surface area (Å²) in [6.07, 6.45) is -1.80. The summed E-state index contributed by atoms with van der Waals surface area (Å²) in [5.41, 5.74) is 0.662. The van der Waals surface area contributed by atoms with Crippen molar-refractivity contribution >= 4 is 17.2 Å². The van der Waals surface area contributed by atoms with Gasteiger partial charge in [0.25, 0.3) is 0 Å². The van der Waals surface area contributed by atoms with Crippen LogP contribution >= 0.6 is 0 Å². The minimum atomic E-state index is -4.36. The van der Waals surface area contributed by atoms with E-state index in [2.05, 4.69) is 9.98 Å². The molecule has 3 rings (SSSR count). The highest BCUT2D eigenvalue weighted by molar-refractivity contribution is 5.89. The van der Waals surface area contributed by atoms with Crippen molar-refractivity contribution in [1.29, 1.82) is 0 Å². The summed E-state index contributed by atoms with van der Waals surface area (Å²) in [5, 5.41) is 0.500. The topological polar surface area (TPSA) is 30.2 Å². The molecule has 0 fully saturated rings. The van der Waals surface area contributed by atoms with Crippen LogP contribution in [-0.4, -0.2) is 22.3 Å². The van der Waals surface area contributed by atoms with Crippen molar-refractivity contribution in [1.82, 2.24) is 9.55 Å². The van der Waals surface area contributed by atoms with E-state index in [1.807, 2.05) is 11.5 Å². The number of hydrogen-bond donors (Lipinski definition) is 0. The SMILES string of the molecule is CC1CN=Cc2cc3cc(C(F)(F)F)cnc3n21. The zero-order chi connectivity index (χ0) is 12.9. The number of nitrogens with zero attached hydrogens (tertiary/aromatic N) is 3. The van der Waals surface area contributed by atoms with E-state index in [4.69, 9.17) is 0 Å². The Bertz CT molecular complexity index is 640. The summed E-state index contributed by atoms with van der Waals surface area (Å²) >= 11 is 0. The highest BCUT2D eigenvalue weighted by atomic mass is 19.4. The van der Waals surface area contributed by atoms with Gasteiger partial charge in [-0.1, -0.05) is 0 Å². The van der Waals surface area contributed by atoms with Gasteiger partial charge in [0.2, 0.25) is 0 Å². The lowest BCUT2D eigenvalue weighted by Crippen LogP contribution is -2.16. The largest absolute Gasteiger partial charge is 0.417 e. The number of alkyl halides is 3. The number of aromatic nitrogens is 2. The molecule has 0 bridgehead atoms. The van der Waals surface area contributed by atoms with E-state index >= 15 is 0 Å². The summed E-state index contributed by atoms with van der Waals surface area (Å²) in [5.74, 6) is 0. The van der Waals surface area contributed by atoms with E-state index in [0.29, 0.717) is 17.6 Å². The third-order valence-electron chi connectivity index (χ3n) is 3.07. The first-order valence-corrected chi connectivity index (χ1v) is 5.55. The molecule has 0 spiro atoms.